The van der Waals surface area contributed by atoms with Crippen LogP contribution < -0.4 is 0 Å². The van der Waals surface area contributed by atoms with Gasteiger partial charge in [-0.25, -0.2) is 15.0 Å². The van der Waals surface area contributed by atoms with Crippen molar-refractivity contribution < 1.29 is 4.42 Å². The monoisotopic (exact) mass is 670 g/mol. The van der Waals surface area contributed by atoms with Gasteiger partial charge in [0.1, 0.15) is 11.2 Å². The Morgan fingerprint density at radius 2 is 1.12 bits per heavy atom. The third-order valence-electron chi connectivity index (χ3n) is 9.86. The van der Waals surface area contributed by atoms with Crippen LogP contribution in [0.2, 0.25) is 0 Å². The predicted octanol–water partition coefficient (Wildman–Crippen LogP) is 12.2. The van der Waals surface area contributed by atoms with Crippen LogP contribution >= 0.6 is 11.3 Å². The van der Waals surface area contributed by atoms with Gasteiger partial charge in [0.15, 0.2) is 17.5 Å². The van der Waals surface area contributed by atoms with Crippen molar-refractivity contribution in [3.63, 3.8) is 0 Å². The molecular weight excluding hydrogens is 645 g/mol. The molecule has 11 aromatic rings. The van der Waals surface area contributed by atoms with Crippen LogP contribution in [0.1, 0.15) is 0 Å². The van der Waals surface area contributed by atoms with E-state index in [4.69, 9.17) is 19.4 Å². The molecule has 0 fully saturated rings. The van der Waals surface area contributed by atoms with Crippen LogP contribution in [0.4, 0.5) is 0 Å². The smallest absolute Gasteiger partial charge is 0.167 e. The number of hydrogen-bond acceptors (Lipinski definition) is 5. The number of fused-ring (bicyclic) bond motifs is 10. The number of aromatic nitrogens is 4. The van der Waals surface area contributed by atoms with E-state index in [1.807, 2.05) is 78.1 Å². The number of nitrogens with zero attached hydrogens (tertiary/aromatic N) is 4. The van der Waals surface area contributed by atoms with E-state index in [9.17, 15) is 0 Å². The SMILES string of the molecule is c1ccc(-c2nc(-c3ccccc3)nc(-c3cccc4c3oc3ccc(-n5c6ccccc6c6c7c(ccc65)sc5ccccc57)cc34)n2)cc1. The Bertz CT molecular complexity index is 3080. The van der Waals surface area contributed by atoms with Crippen LogP contribution in [0.3, 0.4) is 0 Å². The molecular formula is C45H26N4OS. The van der Waals surface area contributed by atoms with E-state index in [2.05, 4.69) is 95.6 Å². The lowest BCUT2D eigenvalue weighted by molar-refractivity contribution is 0.669. The van der Waals surface area contributed by atoms with Gasteiger partial charge in [-0.15, -0.1) is 11.3 Å². The molecule has 4 aromatic heterocycles. The molecule has 0 bridgehead atoms. The second-order valence-corrected chi connectivity index (χ2v) is 13.9. The number of hydrogen-bond donors (Lipinski definition) is 0. The minimum absolute atomic E-state index is 0.571. The molecule has 11 rings (SSSR count). The number of benzene rings is 7. The highest BCUT2D eigenvalue weighted by molar-refractivity contribution is 7.26. The highest BCUT2D eigenvalue weighted by Crippen LogP contribution is 2.44. The van der Waals surface area contributed by atoms with Gasteiger partial charge in [0.25, 0.3) is 0 Å². The van der Waals surface area contributed by atoms with E-state index in [1.165, 1.54) is 42.0 Å². The third-order valence-corrected chi connectivity index (χ3v) is 11.0. The first-order valence-corrected chi connectivity index (χ1v) is 17.8. The zero-order valence-corrected chi connectivity index (χ0v) is 27.9. The van der Waals surface area contributed by atoms with Crippen LogP contribution in [0.25, 0.3) is 104 Å². The van der Waals surface area contributed by atoms with Gasteiger partial charge in [-0.3, -0.25) is 0 Å². The van der Waals surface area contributed by atoms with E-state index < -0.39 is 0 Å². The molecule has 0 unspecified atom stereocenters. The van der Waals surface area contributed by atoms with Crippen molar-refractivity contribution in [1.29, 1.82) is 0 Å². The highest BCUT2D eigenvalue weighted by atomic mass is 32.1. The fraction of sp³-hybridized carbons (Fsp3) is 0. The molecule has 0 spiro atoms. The molecule has 7 aromatic carbocycles. The fourth-order valence-corrected chi connectivity index (χ4v) is 8.70. The molecule has 4 heterocycles. The number of furan rings is 1. The van der Waals surface area contributed by atoms with Crippen LogP contribution in [0, 0.1) is 0 Å². The molecule has 0 N–H and O–H groups in total. The van der Waals surface area contributed by atoms with Crippen molar-refractivity contribution in [1.82, 2.24) is 19.5 Å². The summed E-state index contributed by atoms with van der Waals surface area (Å²) < 4.78 is 11.7. The Hall–Kier alpha value is -6.63. The lowest BCUT2D eigenvalue weighted by Gasteiger charge is -2.08. The zero-order chi connectivity index (χ0) is 33.5. The van der Waals surface area contributed by atoms with Crippen molar-refractivity contribution in [3.8, 4) is 39.9 Å². The van der Waals surface area contributed by atoms with Crippen LogP contribution in [-0.4, -0.2) is 19.5 Å². The van der Waals surface area contributed by atoms with Crippen molar-refractivity contribution in [2.75, 3.05) is 0 Å². The lowest BCUT2D eigenvalue weighted by Crippen LogP contribution is -2.00. The Kier molecular flexibility index (Phi) is 6.05. The molecule has 6 heteroatoms. The first kappa shape index (κ1) is 28.2. The topological polar surface area (TPSA) is 56.7 Å². The van der Waals surface area contributed by atoms with Gasteiger partial charge < -0.3 is 8.98 Å². The molecule has 0 radical (unpaired) electrons. The normalized spacial score (nSPS) is 11.9. The molecule has 0 saturated carbocycles. The van der Waals surface area contributed by atoms with Gasteiger partial charge in [0.05, 0.1) is 16.6 Å². The standard InChI is InChI=1S/C45H26N4OS/c1-3-12-27(13-4-1)43-46-44(28-14-5-2-6-15-28)48-45(47-43)33-19-11-18-30-34-26-29(22-24-37(34)50-42(30)33)49-35-20-9-7-16-31(35)40-36(49)23-25-39-41(40)32-17-8-10-21-38(32)51-39/h1-26H. The summed E-state index contributed by atoms with van der Waals surface area (Å²) in [6.45, 7) is 0. The van der Waals surface area contributed by atoms with Gasteiger partial charge in [-0.05, 0) is 48.5 Å². The van der Waals surface area contributed by atoms with Crippen LogP contribution in [-0.2, 0) is 0 Å². The molecule has 238 valence electrons. The number of thiophene rings is 1. The Morgan fingerprint density at radius 1 is 0.451 bits per heavy atom. The van der Waals surface area contributed by atoms with Crippen LogP contribution in [0.15, 0.2) is 162 Å². The summed E-state index contributed by atoms with van der Waals surface area (Å²) in [5.41, 5.74) is 7.69. The first-order chi connectivity index (χ1) is 25.3. The molecule has 0 atom stereocenters. The van der Waals surface area contributed by atoms with E-state index in [-0.39, 0.29) is 0 Å². The largest absolute Gasteiger partial charge is 0.455 e. The van der Waals surface area contributed by atoms with Gasteiger partial charge in [-0.1, -0.05) is 109 Å². The molecule has 5 nitrogen and oxygen atoms in total. The first-order valence-electron chi connectivity index (χ1n) is 16.9. The Morgan fingerprint density at radius 3 is 1.90 bits per heavy atom. The summed E-state index contributed by atoms with van der Waals surface area (Å²) in [7, 11) is 0. The van der Waals surface area contributed by atoms with Crippen LogP contribution in [0.5, 0.6) is 0 Å². The van der Waals surface area contributed by atoms with Gasteiger partial charge in [0, 0.05) is 58.5 Å². The highest BCUT2D eigenvalue weighted by Gasteiger charge is 2.21. The second kappa shape index (κ2) is 10.9. The maximum atomic E-state index is 6.66. The zero-order valence-electron chi connectivity index (χ0n) is 27.1. The summed E-state index contributed by atoms with van der Waals surface area (Å²) >= 11 is 1.86. The summed E-state index contributed by atoms with van der Waals surface area (Å²) in [6.07, 6.45) is 0. The molecule has 51 heavy (non-hydrogen) atoms. The van der Waals surface area contributed by atoms with E-state index in [0.717, 1.165) is 44.3 Å². The number of rotatable bonds is 4. The summed E-state index contributed by atoms with van der Waals surface area (Å²) in [5, 5.41) is 7.22. The van der Waals surface area contributed by atoms with Gasteiger partial charge >= 0.3 is 0 Å². The number of para-hydroxylation sites is 2. The maximum absolute atomic E-state index is 6.66. The Balaban J connectivity index is 1.13. The average Bonchev–Trinajstić information content (AvgIpc) is 3.87. The summed E-state index contributed by atoms with van der Waals surface area (Å²) in [5.74, 6) is 1.81. The average molecular weight is 671 g/mol. The predicted molar refractivity (Wildman–Crippen MR) is 211 cm³/mol. The molecule has 0 aliphatic rings. The van der Waals surface area contributed by atoms with Gasteiger partial charge in [0.2, 0.25) is 0 Å². The van der Waals surface area contributed by atoms with Crippen molar-refractivity contribution >= 4 is 75.3 Å². The summed E-state index contributed by atoms with van der Waals surface area (Å²) in [4.78, 5) is 14.9. The molecule has 0 aliphatic heterocycles. The van der Waals surface area contributed by atoms with Gasteiger partial charge in [-0.2, -0.15) is 0 Å². The minimum Gasteiger partial charge on any atom is -0.455 e. The molecule has 0 aliphatic carbocycles. The second-order valence-electron chi connectivity index (χ2n) is 12.8. The molecule has 0 amide bonds. The summed E-state index contributed by atoms with van der Waals surface area (Å²) in [6, 6.07) is 54.9. The maximum Gasteiger partial charge on any atom is 0.167 e. The minimum atomic E-state index is 0.571. The van der Waals surface area contributed by atoms with E-state index in [0.29, 0.717) is 17.5 Å². The third kappa shape index (κ3) is 4.30. The molecule has 0 saturated heterocycles. The van der Waals surface area contributed by atoms with E-state index in [1.54, 1.807) is 0 Å². The van der Waals surface area contributed by atoms with Crippen molar-refractivity contribution in [3.05, 3.63) is 158 Å². The van der Waals surface area contributed by atoms with E-state index >= 15 is 0 Å². The lowest BCUT2D eigenvalue weighted by atomic mass is 10.1. The van der Waals surface area contributed by atoms with Crippen molar-refractivity contribution in [2.24, 2.45) is 0 Å². The Labute approximate surface area is 295 Å². The quantitative estimate of drug-likeness (QED) is 0.187. The fourth-order valence-electron chi connectivity index (χ4n) is 7.58. The van der Waals surface area contributed by atoms with Crippen molar-refractivity contribution in [2.45, 2.75) is 0 Å².